The maximum Gasteiger partial charge on any atom is 0.456 e. The monoisotopic (exact) mass is 206 g/mol. The van der Waals surface area contributed by atoms with Crippen molar-refractivity contribution in [1.29, 1.82) is 0 Å². The maximum absolute atomic E-state index is 12.1. The Hall–Kier alpha value is -1.46. The lowest BCUT2D eigenvalue weighted by Crippen LogP contribution is -2.26. The molecule has 0 atom stereocenters. The Morgan fingerprint density at radius 3 is 2.29 bits per heavy atom. The predicted octanol–water partition coefficient (Wildman–Crippen LogP) is 1.66. The summed E-state index contributed by atoms with van der Waals surface area (Å²) in [7, 11) is 1.37. The zero-order valence-corrected chi connectivity index (χ0v) is 7.64. The van der Waals surface area contributed by atoms with Crippen LogP contribution in [-0.2, 0) is 7.05 Å². The Bertz CT molecular complexity index is 379. The van der Waals surface area contributed by atoms with E-state index in [4.69, 9.17) is 5.73 Å². The Labute approximate surface area is 78.3 Å². The van der Waals surface area contributed by atoms with E-state index in [0.717, 1.165) is 4.57 Å². The van der Waals surface area contributed by atoms with Gasteiger partial charge >= 0.3 is 6.18 Å². The molecule has 0 bridgehead atoms. The van der Waals surface area contributed by atoms with Gasteiger partial charge in [-0.05, 0) is 13.0 Å². The molecule has 0 aromatic carbocycles. The second-order valence-electron chi connectivity index (χ2n) is 2.98. The normalized spacial score (nSPS) is 11.8. The minimum atomic E-state index is -4.88. The van der Waals surface area contributed by atoms with E-state index in [9.17, 15) is 18.0 Å². The summed E-state index contributed by atoms with van der Waals surface area (Å²) in [5, 5.41) is 0. The molecule has 0 radical (unpaired) electrons. The van der Waals surface area contributed by atoms with Gasteiger partial charge < -0.3 is 10.3 Å². The molecule has 1 aromatic rings. The first kappa shape index (κ1) is 10.6. The van der Waals surface area contributed by atoms with Crippen molar-refractivity contribution in [2.45, 2.75) is 13.1 Å². The Morgan fingerprint density at radius 1 is 1.50 bits per heavy atom. The van der Waals surface area contributed by atoms with Crippen LogP contribution >= 0.6 is 0 Å². The highest BCUT2D eigenvalue weighted by molar-refractivity contribution is 6.03. The molecule has 0 spiro atoms. The summed E-state index contributed by atoms with van der Waals surface area (Å²) >= 11 is 0. The van der Waals surface area contributed by atoms with Crippen LogP contribution in [0.1, 0.15) is 16.2 Å². The molecular weight excluding hydrogens is 197 g/mol. The number of alkyl halides is 3. The number of rotatable bonds is 1. The van der Waals surface area contributed by atoms with Crippen molar-refractivity contribution in [3.63, 3.8) is 0 Å². The summed E-state index contributed by atoms with van der Waals surface area (Å²) in [6.07, 6.45) is -4.88. The zero-order valence-electron chi connectivity index (χ0n) is 7.64. The molecule has 0 unspecified atom stereocenters. The molecule has 1 rings (SSSR count). The van der Waals surface area contributed by atoms with Gasteiger partial charge in [0.15, 0.2) is 0 Å². The van der Waals surface area contributed by atoms with Crippen molar-refractivity contribution in [2.24, 2.45) is 7.05 Å². The summed E-state index contributed by atoms with van der Waals surface area (Å²) in [6, 6.07) is 1.33. The summed E-state index contributed by atoms with van der Waals surface area (Å²) < 4.78 is 37.4. The molecule has 6 heteroatoms. The van der Waals surface area contributed by atoms with Crippen LogP contribution < -0.4 is 5.73 Å². The fourth-order valence-corrected chi connectivity index (χ4v) is 1.18. The number of hydrogen-bond donors (Lipinski definition) is 1. The Balaban J connectivity index is 3.27. The number of anilines is 1. The molecule has 0 saturated heterocycles. The maximum atomic E-state index is 12.1. The van der Waals surface area contributed by atoms with Gasteiger partial charge in [0.05, 0.1) is 5.69 Å². The van der Waals surface area contributed by atoms with Crippen molar-refractivity contribution in [3.05, 3.63) is 17.5 Å². The van der Waals surface area contributed by atoms with Crippen LogP contribution in [0.2, 0.25) is 0 Å². The highest BCUT2D eigenvalue weighted by Crippen LogP contribution is 2.26. The van der Waals surface area contributed by atoms with Gasteiger partial charge in [-0.1, -0.05) is 0 Å². The highest BCUT2D eigenvalue weighted by Gasteiger charge is 2.42. The number of carbonyl (C=O) groups is 1. The number of nitrogens with two attached hydrogens (primary N) is 1. The van der Waals surface area contributed by atoms with Gasteiger partial charge in [-0.3, -0.25) is 4.79 Å². The van der Waals surface area contributed by atoms with Gasteiger partial charge in [-0.25, -0.2) is 0 Å². The number of ketones is 1. The van der Waals surface area contributed by atoms with E-state index in [0.29, 0.717) is 5.69 Å². The molecule has 1 heterocycles. The standard InChI is InChI=1S/C8H9F3N2O/c1-4-3-5(12)6(13(4)2)7(14)8(9,10)11/h3H,12H2,1-2H3. The van der Waals surface area contributed by atoms with Crippen LogP contribution in [0.15, 0.2) is 6.07 Å². The summed E-state index contributed by atoms with van der Waals surface area (Å²) in [4.78, 5) is 10.9. The molecule has 1 aromatic heterocycles. The van der Waals surface area contributed by atoms with Crippen LogP contribution in [-0.4, -0.2) is 16.5 Å². The minimum absolute atomic E-state index is 0.146. The van der Waals surface area contributed by atoms with Crippen LogP contribution in [0.25, 0.3) is 0 Å². The number of carbonyl (C=O) groups excluding carboxylic acids is 1. The molecule has 0 amide bonds. The lowest BCUT2D eigenvalue weighted by atomic mass is 10.2. The summed E-state index contributed by atoms with van der Waals surface area (Å²) in [5.74, 6) is -1.91. The third kappa shape index (κ3) is 1.59. The quantitative estimate of drug-likeness (QED) is 0.710. The van der Waals surface area contributed by atoms with Crippen LogP contribution in [0.4, 0.5) is 18.9 Å². The lowest BCUT2D eigenvalue weighted by molar-refractivity contribution is -0.0889. The third-order valence-corrected chi connectivity index (χ3v) is 1.97. The third-order valence-electron chi connectivity index (χ3n) is 1.97. The van der Waals surface area contributed by atoms with Crippen molar-refractivity contribution < 1.29 is 18.0 Å². The van der Waals surface area contributed by atoms with E-state index in [2.05, 4.69) is 0 Å². The Morgan fingerprint density at radius 2 is 2.00 bits per heavy atom. The second kappa shape index (κ2) is 3.04. The summed E-state index contributed by atoms with van der Waals surface area (Å²) in [6.45, 7) is 1.57. The zero-order chi connectivity index (χ0) is 11.1. The average molecular weight is 206 g/mol. The largest absolute Gasteiger partial charge is 0.456 e. The molecule has 14 heavy (non-hydrogen) atoms. The molecule has 0 saturated carbocycles. The van der Waals surface area contributed by atoms with E-state index in [1.807, 2.05) is 0 Å². The molecule has 0 aliphatic carbocycles. The van der Waals surface area contributed by atoms with E-state index in [1.165, 1.54) is 13.1 Å². The molecule has 0 fully saturated rings. The van der Waals surface area contributed by atoms with Crippen molar-refractivity contribution in [2.75, 3.05) is 5.73 Å². The fourth-order valence-electron chi connectivity index (χ4n) is 1.18. The predicted molar refractivity (Wildman–Crippen MR) is 44.9 cm³/mol. The minimum Gasteiger partial charge on any atom is -0.397 e. The fraction of sp³-hybridized carbons (Fsp3) is 0.375. The van der Waals surface area contributed by atoms with Gasteiger partial charge in [0, 0.05) is 12.7 Å². The topological polar surface area (TPSA) is 48.0 Å². The van der Waals surface area contributed by atoms with E-state index in [-0.39, 0.29) is 5.69 Å². The van der Waals surface area contributed by atoms with Gasteiger partial charge in [0.2, 0.25) is 0 Å². The lowest BCUT2D eigenvalue weighted by Gasteiger charge is -2.07. The average Bonchev–Trinajstić information content (AvgIpc) is 2.24. The van der Waals surface area contributed by atoms with E-state index >= 15 is 0 Å². The van der Waals surface area contributed by atoms with Gasteiger partial charge in [-0.2, -0.15) is 13.2 Å². The molecule has 2 N–H and O–H groups in total. The van der Waals surface area contributed by atoms with Crippen LogP contribution in [0.5, 0.6) is 0 Å². The number of nitrogen functional groups attached to an aromatic ring is 1. The molecule has 0 aliphatic rings. The van der Waals surface area contributed by atoms with Crippen molar-refractivity contribution in [3.8, 4) is 0 Å². The number of aryl methyl sites for hydroxylation is 1. The van der Waals surface area contributed by atoms with Gasteiger partial charge in [0.1, 0.15) is 5.69 Å². The van der Waals surface area contributed by atoms with Gasteiger partial charge in [0.25, 0.3) is 5.78 Å². The highest BCUT2D eigenvalue weighted by atomic mass is 19.4. The second-order valence-corrected chi connectivity index (χ2v) is 2.98. The first-order valence-electron chi connectivity index (χ1n) is 3.78. The van der Waals surface area contributed by atoms with Crippen molar-refractivity contribution in [1.82, 2.24) is 4.57 Å². The van der Waals surface area contributed by atoms with Crippen LogP contribution in [0.3, 0.4) is 0 Å². The Kier molecular flexibility index (Phi) is 2.31. The first-order valence-corrected chi connectivity index (χ1v) is 3.78. The first-order chi connectivity index (χ1) is 6.25. The molecular formula is C8H9F3N2O. The van der Waals surface area contributed by atoms with Crippen LogP contribution in [0, 0.1) is 6.92 Å². The number of aromatic nitrogens is 1. The number of nitrogens with zero attached hydrogens (tertiary/aromatic N) is 1. The SMILES string of the molecule is Cc1cc(N)c(C(=O)C(F)(F)F)n1C. The molecule has 78 valence electrons. The number of Topliss-reactive ketones (excluding diaryl/α,β-unsaturated/α-hetero) is 1. The van der Waals surface area contributed by atoms with E-state index in [1.54, 1.807) is 6.92 Å². The van der Waals surface area contributed by atoms with E-state index < -0.39 is 17.7 Å². The molecule has 3 nitrogen and oxygen atoms in total. The number of hydrogen-bond acceptors (Lipinski definition) is 2. The summed E-state index contributed by atoms with van der Waals surface area (Å²) in [5.41, 5.74) is 5.16. The molecule has 0 aliphatic heterocycles. The number of halogens is 3. The van der Waals surface area contributed by atoms with Gasteiger partial charge in [-0.15, -0.1) is 0 Å². The smallest absolute Gasteiger partial charge is 0.397 e. The van der Waals surface area contributed by atoms with Crippen molar-refractivity contribution >= 4 is 11.5 Å².